The van der Waals surface area contributed by atoms with E-state index in [-0.39, 0.29) is 0 Å². The number of benzene rings is 1. The topological polar surface area (TPSA) is 53.7 Å². The number of hydrogen-bond acceptors (Lipinski definition) is 4. The van der Waals surface area contributed by atoms with Crippen molar-refractivity contribution in [3.63, 3.8) is 0 Å². The van der Waals surface area contributed by atoms with Gasteiger partial charge in [0.15, 0.2) is 11.5 Å². The fraction of sp³-hybridized carbons (Fsp3) is 0.455. The van der Waals surface area contributed by atoms with Crippen LogP contribution in [0.2, 0.25) is 0 Å². The molecule has 0 radical (unpaired) electrons. The number of ether oxygens (including phenoxy) is 2. The van der Waals surface area contributed by atoms with Gasteiger partial charge in [-0.1, -0.05) is 6.07 Å². The normalized spacial score (nSPS) is 10.1. The van der Waals surface area contributed by atoms with Gasteiger partial charge in [-0.2, -0.15) is 0 Å². The van der Waals surface area contributed by atoms with Gasteiger partial charge >= 0.3 is 0 Å². The van der Waals surface area contributed by atoms with Gasteiger partial charge in [0, 0.05) is 0 Å². The molecule has 84 valence electrons. The first-order valence-corrected chi connectivity index (χ1v) is 4.76. The lowest BCUT2D eigenvalue weighted by molar-refractivity contribution is 0.141. The van der Waals surface area contributed by atoms with Gasteiger partial charge in [0.2, 0.25) is 0 Å². The van der Waals surface area contributed by atoms with Gasteiger partial charge in [0.25, 0.3) is 0 Å². The van der Waals surface area contributed by atoms with Crippen molar-refractivity contribution in [2.24, 2.45) is 5.90 Å². The monoisotopic (exact) mass is 211 g/mol. The molecule has 0 atom stereocenters. The van der Waals surface area contributed by atoms with Crippen molar-refractivity contribution in [1.82, 2.24) is 0 Å². The zero-order valence-electron chi connectivity index (χ0n) is 9.37. The lowest BCUT2D eigenvalue weighted by atomic mass is 10.0. The Bertz CT molecular complexity index is 326. The van der Waals surface area contributed by atoms with Crippen molar-refractivity contribution in [3.8, 4) is 11.5 Å². The van der Waals surface area contributed by atoms with E-state index in [1.54, 1.807) is 14.2 Å². The quantitative estimate of drug-likeness (QED) is 0.749. The van der Waals surface area contributed by atoms with Crippen molar-refractivity contribution in [1.29, 1.82) is 0 Å². The zero-order valence-corrected chi connectivity index (χ0v) is 9.37. The molecule has 0 unspecified atom stereocenters. The highest BCUT2D eigenvalue weighted by molar-refractivity contribution is 5.50. The molecule has 1 aromatic carbocycles. The van der Waals surface area contributed by atoms with E-state index in [0.29, 0.717) is 6.61 Å². The van der Waals surface area contributed by atoms with E-state index in [1.165, 1.54) is 0 Å². The van der Waals surface area contributed by atoms with Gasteiger partial charge in [0.1, 0.15) is 0 Å². The Hall–Kier alpha value is -1.26. The SMILES string of the molecule is COc1ccc(CCON)c(C)c1OC. The molecule has 0 aliphatic rings. The van der Waals surface area contributed by atoms with Crippen LogP contribution in [0.4, 0.5) is 0 Å². The highest BCUT2D eigenvalue weighted by Crippen LogP contribution is 2.32. The van der Waals surface area contributed by atoms with Crippen molar-refractivity contribution >= 4 is 0 Å². The molecule has 0 aromatic heterocycles. The Morgan fingerprint density at radius 3 is 2.47 bits per heavy atom. The number of methoxy groups -OCH3 is 2. The molecule has 0 aliphatic heterocycles. The molecule has 1 aromatic rings. The molecule has 0 amide bonds. The summed E-state index contributed by atoms with van der Waals surface area (Å²) in [6.45, 7) is 2.49. The molecule has 4 heteroatoms. The summed E-state index contributed by atoms with van der Waals surface area (Å²) in [4.78, 5) is 4.56. The Kier molecular flexibility index (Phi) is 4.39. The smallest absolute Gasteiger partial charge is 0.163 e. The summed E-state index contributed by atoms with van der Waals surface area (Å²) in [5.74, 6) is 6.51. The fourth-order valence-electron chi connectivity index (χ4n) is 1.56. The van der Waals surface area contributed by atoms with Crippen LogP contribution < -0.4 is 15.4 Å². The molecule has 0 fully saturated rings. The van der Waals surface area contributed by atoms with Gasteiger partial charge in [-0.25, -0.2) is 5.90 Å². The second-order valence-electron chi connectivity index (χ2n) is 3.21. The standard InChI is InChI=1S/C11H17NO3/c1-8-9(6-7-15-12)4-5-10(13-2)11(8)14-3/h4-5H,6-7,12H2,1-3H3. The van der Waals surface area contributed by atoms with Crippen LogP contribution >= 0.6 is 0 Å². The number of rotatable bonds is 5. The van der Waals surface area contributed by atoms with Crippen LogP contribution in [0.3, 0.4) is 0 Å². The second kappa shape index (κ2) is 5.58. The van der Waals surface area contributed by atoms with Gasteiger partial charge in [0.05, 0.1) is 20.8 Å². The van der Waals surface area contributed by atoms with E-state index in [9.17, 15) is 0 Å². The Balaban J connectivity index is 3.00. The molecule has 1 rings (SSSR count). The minimum atomic E-state index is 0.496. The van der Waals surface area contributed by atoms with Crippen molar-refractivity contribution in [2.75, 3.05) is 20.8 Å². The summed E-state index contributed by atoms with van der Waals surface area (Å²) >= 11 is 0. The average Bonchev–Trinajstić information content (AvgIpc) is 2.27. The number of hydrogen-bond donors (Lipinski definition) is 1. The first-order valence-electron chi connectivity index (χ1n) is 4.76. The molecule has 15 heavy (non-hydrogen) atoms. The predicted octanol–water partition coefficient (Wildman–Crippen LogP) is 1.45. The van der Waals surface area contributed by atoms with Crippen LogP contribution in [0, 0.1) is 6.92 Å². The van der Waals surface area contributed by atoms with Gasteiger partial charge < -0.3 is 14.3 Å². The van der Waals surface area contributed by atoms with Crippen LogP contribution in [0.25, 0.3) is 0 Å². The molecule has 0 spiro atoms. The minimum absolute atomic E-state index is 0.496. The highest BCUT2D eigenvalue weighted by Gasteiger charge is 2.10. The third kappa shape index (κ3) is 2.61. The first kappa shape index (κ1) is 11.8. The van der Waals surface area contributed by atoms with E-state index in [0.717, 1.165) is 29.0 Å². The van der Waals surface area contributed by atoms with Crippen molar-refractivity contribution in [2.45, 2.75) is 13.3 Å². The average molecular weight is 211 g/mol. The van der Waals surface area contributed by atoms with Gasteiger partial charge in [-0.05, 0) is 30.5 Å². The summed E-state index contributed by atoms with van der Waals surface area (Å²) in [5, 5.41) is 0. The minimum Gasteiger partial charge on any atom is -0.493 e. The lowest BCUT2D eigenvalue weighted by Crippen LogP contribution is -2.05. The summed E-state index contributed by atoms with van der Waals surface area (Å²) in [6, 6.07) is 3.88. The summed E-state index contributed by atoms with van der Waals surface area (Å²) in [5.41, 5.74) is 2.21. The summed E-state index contributed by atoms with van der Waals surface area (Å²) in [7, 11) is 3.26. The summed E-state index contributed by atoms with van der Waals surface area (Å²) in [6.07, 6.45) is 0.767. The van der Waals surface area contributed by atoms with Crippen LogP contribution in [-0.2, 0) is 11.3 Å². The fourth-order valence-corrected chi connectivity index (χ4v) is 1.56. The molecule has 0 heterocycles. The first-order chi connectivity index (χ1) is 7.24. The molecular weight excluding hydrogens is 194 g/mol. The van der Waals surface area contributed by atoms with Crippen LogP contribution in [0.15, 0.2) is 12.1 Å². The van der Waals surface area contributed by atoms with E-state index < -0.39 is 0 Å². The Morgan fingerprint density at radius 1 is 1.20 bits per heavy atom. The van der Waals surface area contributed by atoms with Crippen LogP contribution in [0.5, 0.6) is 11.5 Å². The maximum atomic E-state index is 5.29. The van der Waals surface area contributed by atoms with E-state index in [2.05, 4.69) is 4.84 Å². The molecule has 0 saturated carbocycles. The molecule has 0 aliphatic carbocycles. The molecule has 2 N–H and O–H groups in total. The van der Waals surface area contributed by atoms with Crippen molar-refractivity contribution < 1.29 is 14.3 Å². The van der Waals surface area contributed by atoms with E-state index >= 15 is 0 Å². The van der Waals surface area contributed by atoms with Gasteiger partial charge in [-0.3, -0.25) is 0 Å². The number of nitrogens with two attached hydrogens (primary N) is 1. The van der Waals surface area contributed by atoms with E-state index in [4.69, 9.17) is 15.4 Å². The Labute approximate surface area is 89.9 Å². The molecule has 0 bridgehead atoms. The van der Waals surface area contributed by atoms with E-state index in [1.807, 2.05) is 19.1 Å². The van der Waals surface area contributed by atoms with Gasteiger partial charge in [-0.15, -0.1) is 0 Å². The predicted molar refractivity (Wildman–Crippen MR) is 58.1 cm³/mol. The molecule has 4 nitrogen and oxygen atoms in total. The largest absolute Gasteiger partial charge is 0.493 e. The maximum absolute atomic E-state index is 5.29. The maximum Gasteiger partial charge on any atom is 0.163 e. The zero-order chi connectivity index (χ0) is 11.3. The third-order valence-corrected chi connectivity index (χ3v) is 2.40. The molecular formula is C11H17NO3. The Morgan fingerprint density at radius 2 is 1.93 bits per heavy atom. The summed E-state index contributed by atoms with van der Waals surface area (Å²) < 4.78 is 10.5. The van der Waals surface area contributed by atoms with Crippen LogP contribution in [-0.4, -0.2) is 20.8 Å². The third-order valence-electron chi connectivity index (χ3n) is 2.40. The highest BCUT2D eigenvalue weighted by atomic mass is 16.6. The second-order valence-corrected chi connectivity index (χ2v) is 3.21. The van der Waals surface area contributed by atoms with Crippen molar-refractivity contribution in [3.05, 3.63) is 23.3 Å². The lowest BCUT2D eigenvalue weighted by Gasteiger charge is -2.13. The van der Waals surface area contributed by atoms with Crippen LogP contribution in [0.1, 0.15) is 11.1 Å². The molecule has 0 saturated heterocycles.